The summed E-state index contributed by atoms with van der Waals surface area (Å²) in [6, 6.07) is 5.81. The number of likely N-dealkylation sites (tertiary alicyclic amines) is 1. The molecule has 0 spiro atoms. The van der Waals surface area contributed by atoms with Crippen molar-refractivity contribution in [2.24, 2.45) is 0 Å². The van der Waals surface area contributed by atoms with Crippen LogP contribution in [0.2, 0.25) is 0 Å². The normalized spacial score (nSPS) is 25.3. The second kappa shape index (κ2) is 5.15. The van der Waals surface area contributed by atoms with Crippen LogP contribution in [0.3, 0.4) is 0 Å². The van der Waals surface area contributed by atoms with Crippen molar-refractivity contribution in [3.05, 3.63) is 30.1 Å². The van der Waals surface area contributed by atoms with Crippen molar-refractivity contribution in [1.82, 2.24) is 15.2 Å². The molecule has 0 amide bonds. The van der Waals surface area contributed by atoms with Gasteiger partial charge in [0, 0.05) is 37.6 Å². The fraction of sp³-hybridized carbons (Fsp3) is 0.643. The van der Waals surface area contributed by atoms with Crippen molar-refractivity contribution in [2.45, 2.75) is 37.8 Å². The van der Waals surface area contributed by atoms with Gasteiger partial charge in [-0.1, -0.05) is 6.07 Å². The maximum absolute atomic E-state index is 4.14. The van der Waals surface area contributed by atoms with Crippen LogP contribution in [0.15, 0.2) is 24.5 Å². The van der Waals surface area contributed by atoms with Gasteiger partial charge in [0.05, 0.1) is 0 Å². The molecule has 2 fully saturated rings. The number of hydrogen-bond donors (Lipinski definition) is 1. The molecule has 1 N–H and O–H groups in total. The van der Waals surface area contributed by atoms with Gasteiger partial charge in [0.1, 0.15) is 0 Å². The summed E-state index contributed by atoms with van der Waals surface area (Å²) in [4.78, 5) is 6.80. The van der Waals surface area contributed by atoms with E-state index >= 15 is 0 Å². The van der Waals surface area contributed by atoms with Crippen LogP contribution in [0.4, 0.5) is 0 Å². The average molecular weight is 231 g/mol. The maximum Gasteiger partial charge on any atom is 0.0300 e. The van der Waals surface area contributed by atoms with Gasteiger partial charge in [-0.15, -0.1) is 0 Å². The Bertz CT molecular complexity index is 348. The molecule has 0 bridgehead atoms. The molecule has 1 aromatic rings. The van der Waals surface area contributed by atoms with Gasteiger partial charge < -0.3 is 5.32 Å². The molecule has 0 radical (unpaired) electrons. The second-order valence-electron chi connectivity index (χ2n) is 5.28. The summed E-state index contributed by atoms with van der Waals surface area (Å²) in [5, 5.41) is 3.67. The Morgan fingerprint density at radius 2 is 2.29 bits per heavy atom. The first kappa shape index (κ1) is 11.2. The van der Waals surface area contributed by atoms with Gasteiger partial charge in [0.2, 0.25) is 0 Å². The number of hydrogen-bond acceptors (Lipinski definition) is 3. The van der Waals surface area contributed by atoms with E-state index in [1.165, 1.54) is 37.9 Å². The summed E-state index contributed by atoms with van der Waals surface area (Å²) in [7, 11) is 0. The molecule has 3 nitrogen and oxygen atoms in total. The molecule has 1 saturated carbocycles. The lowest BCUT2D eigenvalue weighted by molar-refractivity contribution is 0.318. The van der Waals surface area contributed by atoms with Crippen LogP contribution in [-0.2, 0) is 6.42 Å². The number of pyridine rings is 1. The molecule has 1 aliphatic heterocycles. The smallest absolute Gasteiger partial charge is 0.0300 e. The molecule has 92 valence electrons. The van der Waals surface area contributed by atoms with Crippen molar-refractivity contribution in [2.75, 3.05) is 19.6 Å². The van der Waals surface area contributed by atoms with Crippen LogP contribution in [0.5, 0.6) is 0 Å². The summed E-state index contributed by atoms with van der Waals surface area (Å²) < 4.78 is 0. The zero-order valence-corrected chi connectivity index (χ0v) is 10.3. The predicted octanol–water partition coefficient (Wildman–Crippen LogP) is 1.45. The standard InChI is InChI=1S/C14H21N3/c1-2-12(10-15-7-1)5-8-16-13-6-9-17(11-13)14-3-4-14/h1-2,7,10,13-14,16H,3-6,8-9,11H2. The summed E-state index contributed by atoms with van der Waals surface area (Å²) >= 11 is 0. The van der Waals surface area contributed by atoms with E-state index in [0.717, 1.165) is 19.0 Å². The van der Waals surface area contributed by atoms with E-state index < -0.39 is 0 Å². The molecule has 2 heterocycles. The zero-order valence-electron chi connectivity index (χ0n) is 10.3. The van der Waals surface area contributed by atoms with Crippen molar-refractivity contribution >= 4 is 0 Å². The lowest BCUT2D eigenvalue weighted by Gasteiger charge is -2.15. The molecule has 1 aliphatic carbocycles. The molecule has 17 heavy (non-hydrogen) atoms. The first-order chi connectivity index (χ1) is 8.42. The van der Waals surface area contributed by atoms with E-state index in [4.69, 9.17) is 0 Å². The van der Waals surface area contributed by atoms with Crippen LogP contribution < -0.4 is 5.32 Å². The lowest BCUT2D eigenvalue weighted by Crippen LogP contribution is -2.34. The van der Waals surface area contributed by atoms with Gasteiger partial charge in [0.15, 0.2) is 0 Å². The third kappa shape index (κ3) is 3.05. The van der Waals surface area contributed by atoms with Crippen LogP contribution in [0, 0.1) is 0 Å². The SMILES string of the molecule is c1cncc(CCNC2CCN(C3CC3)C2)c1. The lowest BCUT2D eigenvalue weighted by atomic mass is 10.2. The number of aromatic nitrogens is 1. The molecule has 0 aromatic carbocycles. The summed E-state index contributed by atoms with van der Waals surface area (Å²) in [5.41, 5.74) is 1.33. The van der Waals surface area contributed by atoms with Gasteiger partial charge in [-0.2, -0.15) is 0 Å². The fourth-order valence-electron chi connectivity index (χ4n) is 2.69. The fourth-order valence-corrected chi connectivity index (χ4v) is 2.69. The van der Waals surface area contributed by atoms with Gasteiger partial charge in [-0.3, -0.25) is 9.88 Å². The summed E-state index contributed by atoms with van der Waals surface area (Å²) in [6.45, 7) is 3.64. The molecular weight excluding hydrogens is 210 g/mol. The summed E-state index contributed by atoms with van der Waals surface area (Å²) in [6.07, 6.45) is 9.08. The highest BCUT2D eigenvalue weighted by Crippen LogP contribution is 2.29. The van der Waals surface area contributed by atoms with Crippen LogP contribution in [0.1, 0.15) is 24.8 Å². The van der Waals surface area contributed by atoms with Gasteiger partial charge in [-0.05, 0) is 43.9 Å². The molecule has 1 aromatic heterocycles. The number of rotatable bonds is 5. The Labute approximate surface area is 103 Å². The minimum Gasteiger partial charge on any atom is -0.312 e. The van der Waals surface area contributed by atoms with Crippen molar-refractivity contribution in [1.29, 1.82) is 0 Å². The van der Waals surface area contributed by atoms with E-state index in [1.54, 1.807) is 0 Å². The van der Waals surface area contributed by atoms with Crippen LogP contribution in [-0.4, -0.2) is 41.6 Å². The molecular formula is C14H21N3. The highest BCUT2D eigenvalue weighted by atomic mass is 15.2. The quantitative estimate of drug-likeness (QED) is 0.831. The van der Waals surface area contributed by atoms with Crippen LogP contribution >= 0.6 is 0 Å². The van der Waals surface area contributed by atoms with Crippen molar-refractivity contribution in [3.63, 3.8) is 0 Å². The van der Waals surface area contributed by atoms with Crippen LogP contribution in [0.25, 0.3) is 0 Å². The number of nitrogens with one attached hydrogen (secondary N) is 1. The average Bonchev–Trinajstić information content (AvgIpc) is 3.11. The Morgan fingerprint density at radius 1 is 1.35 bits per heavy atom. The van der Waals surface area contributed by atoms with Gasteiger partial charge in [-0.25, -0.2) is 0 Å². The summed E-state index contributed by atoms with van der Waals surface area (Å²) in [5.74, 6) is 0. The monoisotopic (exact) mass is 231 g/mol. The Balaban J connectivity index is 1.37. The van der Waals surface area contributed by atoms with Gasteiger partial charge >= 0.3 is 0 Å². The third-order valence-electron chi connectivity index (χ3n) is 3.85. The second-order valence-corrected chi connectivity index (χ2v) is 5.28. The Hall–Kier alpha value is -0.930. The van der Waals surface area contributed by atoms with E-state index in [2.05, 4.69) is 21.3 Å². The molecule has 1 saturated heterocycles. The van der Waals surface area contributed by atoms with Crippen molar-refractivity contribution in [3.8, 4) is 0 Å². The Morgan fingerprint density at radius 3 is 3.06 bits per heavy atom. The number of nitrogens with zero attached hydrogens (tertiary/aromatic N) is 2. The Kier molecular flexibility index (Phi) is 3.39. The molecule has 2 aliphatic rings. The minimum absolute atomic E-state index is 0.715. The van der Waals surface area contributed by atoms with E-state index in [0.29, 0.717) is 6.04 Å². The highest BCUT2D eigenvalue weighted by Gasteiger charge is 2.33. The minimum atomic E-state index is 0.715. The highest BCUT2D eigenvalue weighted by molar-refractivity contribution is 5.08. The largest absolute Gasteiger partial charge is 0.312 e. The third-order valence-corrected chi connectivity index (χ3v) is 3.85. The predicted molar refractivity (Wildman–Crippen MR) is 68.9 cm³/mol. The van der Waals surface area contributed by atoms with Gasteiger partial charge in [0.25, 0.3) is 0 Å². The van der Waals surface area contributed by atoms with E-state index in [9.17, 15) is 0 Å². The maximum atomic E-state index is 4.14. The topological polar surface area (TPSA) is 28.2 Å². The zero-order chi connectivity index (χ0) is 11.5. The van der Waals surface area contributed by atoms with Crippen molar-refractivity contribution < 1.29 is 0 Å². The molecule has 3 rings (SSSR count). The van der Waals surface area contributed by atoms with E-state index in [1.807, 2.05) is 18.5 Å². The van der Waals surface area contributed by atoms with E-state index in [-0.39, 0.29) is 0 Å². The first-order valence-corrected chi connectivity index (χ1v) is 6.78. The molecule has 1 atom stereocenters. The first-order valence-electron chi connectivity index (χ1n) is 6.78. The molecule has 3 heteroatoms. The molecule has 1 unspecified atom stereocenters.